The van der Waals surface area contributed by atoms with Crippen LogP contribution in [0.2, 0.25) is 0 Å². The number of nitrogens with zero attached hydrogens (tertiary/aromatic N) is 2. The Bertz CT molecular complexity index is 786. The Balaban J connectivity index is 1.38. The van der Waals surface area contributed by atoms with E-state index >= 15 is 0 Å². The molecular formula is C18H21N3O5. The number of carboxylic acids is 1. The second-order valence-corrected chi connectivity index (χ2v) is 6.90. The third-order valence-electron chi connectivity index (χ3n) is 5.21. The Labute approximate surface area is 150 Å². The molecule has 26 heavy (non-hydrogen) atoms. The number of carbonyl (C=O) groups excluding carboxylic acids is 1. The second kappa shape index (κ2) is 6.60. The molecule has 2 aliphatic heterocycles. The maximum absolute atomic E-state index is 12.6. The zero-order valence-electron chi connectivity index (χ0n) is 14.3. The maximum atomic E-state index is 12.6. The molecule has 0 radical (unpaired) electrons. The van der Waals surface area contributed by atoms with Crippen molar-refractivity contribution in [3.8, 4) is 0 Å². The molecular weight excluding hydrogens is 338 g/mol. The summed E-state index contributed by atoms with van der Waals surface area (Å²) in [5, 5.41) is 12.2. The number of nitrogens with one attached hydrogen (secondary N) is 1. The smallest absolute Gasteiger partial charge is 0.331 e. The average molecular weight is 359 g/mol. The number of anilines is 1. The summed E-state index contributed by atoms with van der Waals surface area (Å²) in [5.74, 6) is -1.46. The van der Waals surface area contributed by atoms with E-state index in [4.69, 9.17) is 9.15 Å². The number of amides is 1. The van der Waals surface area contributed by atoms with Gasteiger partial charge in [0.05, 0.1) is 6.61 Å². The molecule has 2 saturated heterocycles. The van der Waals surface area contributed by atoms with Crippen molar-refractivity contribution in [3.05, 3.63) is 24.3 Å². The minimum atomic E-state index is -1.28. The van der Waals surface area contributed by atoms with Crippen LogP contribution < -0.4 is 10.2 Å². The van der Waals surface area contributed by atoms with E-state index in [0.29, 0.717) is 45.0 Å². The van der Waals surface area contributed by atoms with Gasteiger partial charge in [-0.2, -0.15) is 4.98 Å². The Morgan fingerprint density at radius 2 is 2.04 bits per heavy atom. The molecule has 0 bridgehead atoms. The first kappa shape index (κ1) is 16.8. The van der Waals surface area contributed by atoms with Gasteiger partial charge >= 0.3 is 5.97 Å². The molecule has 8 nitrogen and oxygen atoms in total. The van der Waals surface area contributed by atoms with Crippen LogP contribution in [-0.2, 0) is 14.3 Å². The van der Waals surface area contributed by atoms with E-state index in [1.165, 1.54) is 0 Å². The monoisotopic (exact) mass is 359 g/mol. The maximum Gasteiger partial charge on any atom is 0.331 e. The van der Waals surface area contributed by atoms with Crippen molar-refractivity contribution in [3.63, 3.8) is 0 Å². The molecule has 1 atom stereocenters. The number of rotatable bonds is 4. The number of aliphatic carboxylic acids is 1. The van der Waals surface area contributed by atoms with E-state index in [1.54, 1.807) is 0 Å². The normalized spacial score (nSPS) is 24.1. The summed E-state index contributed by atoms with van der Waals surface area (Å²) in [4.78, 5) is 30.6. The van der Waals surface area contributed by atoms with E-state index in [0.717, 1.165) is 11.1 Å². The van der Waals surface area contributed by atoms with Gasteiger partial charge in [-0.15, -0.1) is 0 Å². The van der Waals surface area contributed by atoms with Crippen LogP contribution in [0, 0.1) is 5.92 Å². The third kappa shape index (κ3) is 3.01. The molecule has 0 spiro atoms. The number of hydrogen-bond donors (Lipinski definition) is 2. The molecule has 8 heteroatoms. The molecule has 3 heterocycles. The van der Waals surface area contributed by atoms with Gasteiger partial charge in [0.1, 0.15) is 5.52 Å². The number of para-hydroxylation sites is 2. The summed E-state index contributed by atoms with van der Waals surface area (Å²) < 4.78 is 11.0. The topological polar surface area (TPSA) is 105 Å². The molecule has 1 amide bonds. The lowest BCUT2D eigenvalue weighted by molar-refractivity contribution is -0.148. The van der Waals surface area contributed by atoms with Gasteiger partial charge in [-0.05, 0) is 25.0 Å². The first-order valence-electron chi connectivity index (χ1n) is 8.81. The number of carbonyl (C=O) groups is 2. The number of aromatic nitrogens is 1. The molecule has 2 aliphatic rings. The highest BCUT2D eigenvalue weighted by molar-refractivity contribution is 5.88. The van der Waals surface area contributed by atoms with Crippen LogP contribution in [0.1, 0.15) is 19.3 Å². The number of fused-ring (bicyclic) bond motifs is 1. The molecule has 2 fully saturated rings. The van der Waals surface area contributed by atoms with Crippen LogP contribution in [-0.4, -0.2) is 53.8 Å². The van der Waals surface area contributed by atoms with E-state index in [2.05, 4.69) is 10.3 Å². The molecule has 1 unspecified atom stereocenters. The lowest BCUT2D eigenvalue weighted by Crippen LogP contribution is -2.57. The minimum absolute atomic E-state index is 0.0236. The van der Waals surface area contributed by atoms with E-state index in [9.17, 15) is 14.7 Å². The van der Waals surface area contributed by atoms with Gasteiger partial charge < -0.3 is 24.5 Å². The number of piperidine rings is 1. The number of hydrogen-bond acceptors (Lipinski definition) is 6. The van der Waals surface area contributed by atoms with E-state index in [1.807, 2.05) is 29.2 Å². The standard InChI is InChI=1S/C18H21N3O5/c22-15(20-18(16(23)24)7-10-25-11-18)12-5-8-21(9-6-12)17-19-13-3-1-2-4-14(13)26-17/h1-4,12H,5-11H2,(H,20,22)(H,23,24). The van der Waals surface area contributed by atoms with Crippen molar-refractivity contribution >= 4 is 29.0 Å². The highest BCUT2D eigenvalue weighted by Gasteiger charge is 2.45. The molecule has 2 aromatic rings. The van der Waals surface area contributed by atoms with Gasteiger partial charge in [-0.25, -0.2) is 4.79 Å². The summed E-state index contributed by atoms with van der Waals surface area (Å²) in [6.45, 7) is 1.65. The summed E-state index contributed by atoms with van der Waals surface area (Å²) >= 11 is 0. The van der Waals surface area contributed by atoms with Crippen molar-refractivity contribution in [1.29, 1.82) is 0 Å². The lowest BCUT2D eigenvalue weighted by Gasteiger charge is -2.32. The fourth-order valence-electron chi connectivity index (χ4n) is 3.55. The van der Waals surface area contributed by atoms with Gasteiger partial charge in [0.2, 0.25) is 5.91 Å². The SMILES string of the molecule is O=C(NC1(C(=O)O)CCOC1)C1CCN(c2nc3ccccc3o2)CC1. The molecule has 138 valence electrons. The van der Waals surface area contributed by atoms with Crippen LogP contribution in [0.4, 0.5) is 6.01 Å². The Kier molecular flexibility index (Phi) is 4.28. The van der Waals surface area contributed by atoms with Crippen molar-refractivity contribution in [2.75, 3.05) is 31.2 Å². The van der Waals surface area contributed by atoms with Crippen molar-refractivity contribution < 1.29 is 23.8 Å². The summed E-state index contributed by atoms with van der Waals surface area (Å²) in [7, 11) is 0. The number of oxazole rings is 1. The minimum Gasteiger partial charge on any atom is -0.479 e. The molecule has 0 aliphatic carbocycles. The van der Waals surface area contributed by atoms with Crippen molar-refractivity contribution in [2.45, 2.75) is 24.8 Å². The Morgan fingerprint density at radius 1 is 1.27 bits per heavy atom. The fraction of sp³-hybridized carbons (Fsp3) is 0.500. The predicted octanol–water partition coefficient (Wildman–Crippen LogP) is 1.40. The first-order valence-corrected chi connectivity index (χ1v) is 8.81. The highest BCUT2D eigenvalue weighted by atomic mass is 16.5. The number of ether oxygens (including phenoxy) is 1. The van der Waals surface area contributed by atoms with Crippen LogP contribution >= 0.6 is 0 Å². The van der Waals surface area contributed by atoms with Crippen LogP contribution in [0.3, 0.4) is 0 Å². The summed E-state index contributed by atoms with van der Waals surface area (Å²) in [6, 6.07) is 8.16. The van der Waals surface area contributed by atoms with Gasteiger partial charge in [0.15, 0.2) is 11.1 Å². The van der Waals surface area contributed by atoms with Gasteiger partial charge in [0.25, 0.3) is 6.01 Å². The Hall–Kier alpha value is -2.61. The zero-order valence-corrected chi connectivity index (χ0v) is 14.3. The van der Waals surface area contributed by atoms with Crippen molar-refractivity contribution in [2.24, 2.45) is 5.92 Å². The lowest BCUT2D eigenvalue weighted by atomic mass is 9.92. The zero-order chi connectivity index (χ0) is 18.1. The first-order chi connectivity index (χ1) is 12.6. The van der Waals surface area contributed by atoms with Gasteiger partial charge in [0, 0.05) is 32.0 Å². The number of benzene rings is 1. The number of carboxylic acid groups (broad SMARTS) is 1. The van der Waals surface area contributed by atoms with Gasteiger partial charge in [-0.3, -0.25) is 4.79 Å². The predicted molar refractivity (Wildman–Crippen MR) is 92.9 cm³/mol. The van der Waals surface area contributed by atoms with Gasteiger partial charge in [-0.1, -0.05) is 12.1 Å². The second-order valence-electron chi connectivity index (χ2n) is 6.90. The molecule has 2 N–H and O–H groups in total. The van der Waals surface area contributed by atoms with Crippen LogP contribution in [0.5, 0.6) is 0 Å². The quantitative estimate of drug-likeness (QED) is 0.850. The largest absolute Gasteiger partial charge is 0.479 e. The molecule has 4 rings (SSSR count). The van der Waals surface area contributed by atoms with E-state index < -0.39 is 11.5 Å². The summed E-state index contributed by atoms with van der Waals surface area (Å²) in [6.07, 6.45) is 1.55. The highest BCUT2D eigenvalue weighted by Crippen LogP contribution is 2.27. The average Bonchev–Trinajstić information content (AvgIpc) is 3.29. The molecule has 1 aromatic heterocycles. The molecule has 0 saturated carbocycles. The summed E-state index contributed by atoms with van der Waals surface area (Å²) in [5.41, 5.74) is 0.271. The van der Waals surface area contributed by atoms with E-state index in [-0.39, 0.29) is 18.4 Å². The van der Waals surface area contributed by atoms with Crippen LogP contribution in [0.15, 0.2) is 28.7 Å². The van der Waals surface area contributed by atoms with Crippen molar-refractivity contribution in [1.82, 2.24) is 10.3 Å². The fourth-order valence-corrected chi connectivity index (χ4v) is 3.55. The van der Waals surface area contributed by atoms with Crippen LogP contribution in [0.25, 0.3) is 11.1 Å². The Morgan fingerprint density at radius 3 is 2.69 bits per heavy atom. The molecule has 1 aromatic carbocycles. The third-order valence-corrected chi connectivity index (χ3v) is 5.21.